The van der Waals surface area contributed by atoms with Gasteiger partial charge < -0.3 is 15.0 Å². The third-order valence-corrected chi connectivity index (χ3v) is 8.33. The highest BCUT2D eigenvalue weighted by molar-refractivity contribution is 7.12. The second kappa shape index (κ2) is 9.36. The third-order valence-electron chi connectivity index (χ3n) is 7.30. The minimum absolute atomic E-state index is 0.0306. The lowest BCUT2D eigenvalue weighted by Crippen LogP contribution is -2.51. The molecule has 0 unspecified atom stereocenters. The van der Waals surface area contributed by atoms with E-state index in [9.17, 15) is 14.4 Å². The number of carbonyl (C=O) groups excluding carboxylic acids is 3. The summed E-state index contributed by atoms with van der Waals surface area (Å²) >= 11 is 1.31. The molecule has 1 aliphatic carbocycles. The molecule has 1 N–H and O–H groups in total. The van der Waals surface area contributed by atoms with Gasteiger partial charge in [-0.2, -0.15) is 0 Å². The average molecular weight is 490 g/mol. The van der Waals surface area contributed by atoms with Gasteiger partial charge in [-0.05, 0) is 49.1 Å². The van der Waals surface area contributed by atoms with Crippen LogP contribution in [0.25, 0.3) is 0 Å². The number of pyridine rings is 1. The lowest BCUT2D eigenvalue weighted by atomic mass is 9.71. The summed E-state index contributed by atoms with van der Waals surface area (Å²) < 4.78 is 6.08. The molecule has 2 atom stereocenters. The number of ether oxygens (including phenoxy) is 1. The van der Waals surface area contributed by atoms with Gasteiger partial charge in [-0.3, -0.25) is 19.4 Å². The Bertz CT molecular complexity index is 1260. The molecule has 1 aliphatic heterocycles. The zero-order chi connectivity index (χ0) is 24.6. The smallest absolute Gasteiger partial charge is 0.254 e. The van der Waals surface area contributed by atoms with Gasteiger partial charge >= 0.3 is 0 Å². The summed E-state index contributed by atoms with van der Waals surface area (Å²) in [7, 11) is 1.69. The molecule has 1 spiro atoms. The van der Waals surface area contributed by atoms with Crippen LogP contribution in [0.15, 0.2) is 60.2 Å². The molecule has 2 aliphatic rings. The first-order chi connectivity index (χ1) is 16.9. The van der Waals surface area contributed by atoms with Gasteiger partial charge in [-0.15, -0.1) is 11.3 Å². The van der Waals surface area contributed by atoms with E-state index < -0.39 is 0 Å². The first-order valence-electron chi connectivity index (χ1n) is 11.7. The van der Waals surface area contributed by atoms with Crippen LogP contribution in [0.5, 0.6) is 0 Å². The number of aromatic nitrogens is 1. The first-order valence-corrected chi connectivity index (χ1v) is 12.5. The fourth-order valence-electron chi connectivity index (χ4n) is 5.58. The fourth-order valence-corrected chi connectivity index (χ4v) is 6.36. The number of methoxy groups -OCH3 is 1. The third kappa shape index (κ3) is 4.06. The molecule has 2 aromatic heterocycles. The number of thiophene rings is 1. The molecule has 0 radical (unpaired) electrons. The Hall–Kier alpha value is -3.36. The largest absolute Gasteiger partial charge is 0.378 e. The lowest BCUT2D eigenvalue weighted by molar-refractivity contribution is -0.00928. The van der Waals surface area contributed by atoms with E-state index in [0.29, 0.717) is 29.1 Å². The maximum atomic E-state index is 13.1. The molecular formula is C27H27N3O4S. The van der Waals surface area contributed by atoms with Gasteiger partial charge in [-0.1, -0.05) is 24.3 Å². The molecule has 3 aromatic rings. The number of ketones is 1. The number of fused-ring (bicyclic) bond motifs is 2. The summed E-state index contributed by atoms with van der Waals surface area (Å²) in [5.74, 6) is -0.249. The quantitative estimate of drug-likeness (QED) is 0.547. The zero-order valence-electron chi connectivity index (χ0n) is 19.7. The van der Waals surface area contributed by atoms with E-state index in [1.54, 1.807) is 43.1 Å². The summed E-state index contributed by atoms with van der Waals surface area (Å²) in [5, 5.41) is 4.96. The number of amides is 2. The first kappa shape index (κ1) is 23.4. The SMILES string of the molecule is CO[C@H]1[C@H](NC(=O)c2ccncc2)c2ccccc2C12CCN(C(=O)c1csc(C(C)=O)c1)CC2. The van der Waals surface area contributed by atoms with Crippen molar-refractivity contribution >= 4 is 28.9 Å². The van der Waals surface area contributed by atoms with Crippen molar-refractivity contribution in [1.82, 2.24) is 15.2 Å². The van der Waals surface area contributed by atoms with Crippen molar-refractivity contribution in [2.75, 3.05) is 20.2 Å². The number of benzene rings is 1. The van der Waals surface area contributed by atoms with Crippen LogP contribution in [0.4, 0.5) is 0 Å². The minimum atomic E-state index is -0.308. The Labute approximate surface area is 208 Å². The molecule has 0 saturated carbocycles. The number of rotatable bonds is 5. The van der Waals surface area contributed by atoms with Crippen LogP contribution in [0.3, 0.4) is 0 Å². The molecule has 3 heterocycles. The van der Waals surface area contributed by atoms with Crippen LogP contribution < -0.4 is 5.32 Å². The van der Waals surface area contributed by atoms with Crippen molar-refractivity contribution in [3.63, 3.8) is 0 Å². The van der Waals surface area contributed by atoms with Gasteiger partial charge in [0.2, 0.25) is 0 Å². The maximum absolute atomic E-state index is 13.1. The van der Waals surface area contributed by atoms with Crippen LogP contribution in [-0.2, 0) is 10.2 Å². The summed E-state index contributed by atoms with van der Waals surface area (Å²) in [4.78, 5) is 44.2. The number of carbonyl (C=O) groups is 3. The van der Waals surface area contributed by atoms with E-state index in [1.165, 1.54) is 23.8 Å². The van der Waals surface area contributed by atoms with Crippen molar-refractivity contribution in [1.29, 1.82) is 0 Å². The number of hydrogen-bond acceptors (Lipinski definition) is 6. The van der Waals surface area contributed by atoms with Gasteiger partial charge in [0.05, 0.1) is 22.6 Å². The standard InChI is InChI=1S/C27H27N3O4S/c1-17(31)22-15-19(16-35-22)26(33)30-13-9-27(10-14-30)21-6-4-3-5-20(21)23(24(27)34-2)29-25(32)18-7-11-28-12-8-18/h3-8,11-12,15-16,23-24H,9-10,13-14H2,1-2H3,(H,29,32)/t23-,24+/m1/s1. The van der Waals surface area contributed by atoms with Gasteiger partial charge in [-0.25, -0.2) is 0 Å². The molecule has 180 valence electrons. The highest BCUT2D eigenvalue weighted by Crippen LogP contribution is 2.52. The minimum Gasteiger partial charge on any atom is -0.378 e. The zero-order valence-corrected chi connectivity index (χ0v) is 20.5. The number of nitrogens with one attached hydrogen (secondary N) is 1. The normalized spacial score (nSPS) is 20.5. The van der Waals surface area contributed by atoms with Crippen molar-refractivity contribution < 1.29 is 19.1 Å². The predicted octanol–water partition coefficient (Wildman–Crippen LogP) is 4.02. The Morgan fingerprint density at radius 1 is 1.09 bits per heavy atom. The molecule has 0 bridgehead atoms. The Morgan fingerprint density at radius 3 is 2.46 bits per heavy atom. The summed E-state index contributed by atoms with van der Waals surface area (Å²) in [6, 6.07) is 13.0. The highest BCUT2D eigenvalue weighted by atomic mass is 32.1. The van der Waals surface area contributed by atoms with Crippen molar-refractivity contribution in [2.45, 2.75) is 37.3 Å². The Balaban J connectivity index is 1.39. The molecular weight excluding hydrogens is 462 g/mol. The lowest BCUT2D eigenvalue weighted by Gasteiger charge is -2.44. The van der Waals surface area contributed by atoms with E-state index in [1.807, 2.05) is 17.0 Å². The number of likely N-dealkylation sites (tertiary alicyclic amines) is 1. The van der Waals surface area contributed by atoms with E-state index in [0.717, 1.165) is 18.4 Å². The van der Waals surface area contributed by atoms with Gasteiger partial charge in [0.15, 0.2) is 5.78 Å². The molecule has 1 fully saturated rings. The molecule has 1 saturated heterocycles. The van der Waals surface area contributed by atoms with Crippen LogP contribution >= 0.6 is 11.3 Å². The van der Waals surface area contributed by atoms with Gasteiger partial charge in [0.25, 0.3) is 11.8 Å². The van der Waals surface area contributed by atoms with Crippen LogP contribution in [0.2, 0.25) is 0 Å². The Morgan fingerprint density at radius 2 is 1.80 bits per heavy atom. The van der Waals surface area contributed by atoms with E-state index in [2.05, 4.69) is 22.4 Å². The number of hydrogen-bond donors (Lipinski definition) is 1. The number of Topliss-reactive ketones (excluding diaryl/α,β-unsaturated/α-hetero) is 1. The predicted molar refractivity (Wildman–Crippen MR) is 133 cm³/mol. The average Bonchev–Trinajstić information content (AvgIpc) is 3.48. The molecule has 1 aromatic carbocycles. The van der Waals surface area contributed by atoms with E-state index in [4.69, 9.17) is 4.74 Å². The molecule has 2 amide bonds. The van der Waals surface area contributed by atoms with Gasteiger partial charge in [0.1, 0.15) is 0 Å². The van der Waals surface area contributed by atoms with E-state index in [-0.39, 0.29) is 35.2 Å². The number of nitrogens with zero attached hydrogens (tertiary/aromatic N) is 2. The van der Waals surface area contributed by atoms with Crippen molar-refractivity contribution in [3.05, 3.63) is 87.4 Å². The van der Waals surface area contributed by atoms with Crippen LogP contribution in [-0.4, -0.2) is 53.8 Å². The van der Waals surface area contributed by atoms with Crippen LogP contribution in [0.1, 0.15) is 67.3 Å². The van der Waals surface area contributed by atoms with E-state index >= 15 is 0 Å². The van der Waals surface area contributed by atoms with Gasteiger partial charge in [0, 0.05) is 49.0 Å². The second-order valence-electron chi connectivity index (χ2n) is 9.13. The molecule has 8 heteroatoms. The summed E-state index contributed by atoms with van der Waals surface area (Å²) in [6.45, 7) is 2.66. The fraction of sp³-hybridized carbons (Fsp3) is 0.333. The Kier molecular flexibility index (Phi) is 6.25. The number of piperidine rings is 1. The maximum Gasteiger partial charge on any atom is 0.254 e. The molecule has 7 nitrogen and oxygen atoms in total. The second-order valence-corrected chi connectivity index (χ2v) is 10.0. The summed E-state index contributed by atoms with van der Waals surface area (Å²) in [6.07, 6.45) is 4.39. The monoisotopic (exact) mass is 489 g/mol. The summed E-state index contributed by atoms with van der Waals surface area (Å²) in [5.41, 5.74) is 3.04. The van der Waals surface area contributed by atoms with Crippen molar-refractivity contribution in [3.8, 4) is 0 Å². The van der Waals surface area contributed by atoms with Crippen molar-refractivity contribution in [2.24, 2.45) is 0 Å². The topological polar surface area (TPSA) is 88.6 Å². The molecule has 35 heavy (non-hydrogen) atoms. The highest BCUT2D eigenvalue weighted by Gasteiger charge is 2.54. The van der Waals surface area contributed by atoms with Crippen LogP contribution in [0, 0.1) is 0 Å². The molecule has 5 rings (SSSR count).